The van der Waals surface area contributed by atoms with Crippen LogP contribution in [0.2, 0.25) is 0 Å². The quantitative estimate of drug-likeness (QED) is 0.162. The van der Waals surface area contributed by atoms with Gasteiger partial charge in [0.1, 0.15) is 17.9 Å². The second-order valence-electron chi connectivity index (χ2n) is 10.6. The third-order valence-electron chi connectivity index (χ3n) is 7.50. The summed E-state index contributed by atoms with van der Waals surface area (Å²) in [7, 11) is 0. The van der Waals surface area contributed by atoms with Crippen molar-refractivity contribution in [3.05, 3.63) is 58.7 Å². The highest BCUT2D eigenvalue weighted by molar-refractivity contribution is 5.98. The van der Waals surface area contributed by atoms with Crippen LogP contribution in [0.5, 0.6) is 5.75 Å². The average Bonchev–Trinajstić information content (AvgIpc) is 3.83. The first kappa shape index (κ1) is 32.6. The largest absolute Gasteiger partial charge is 0.505 e. The standard InChI is InChI=1S/C28H28F5N3O8/c1-10-23(38)14(8-7-13-16(29)18(31)20(33)19(32)17(13)30)35-25(39)21(36-26(40)22-15(37)4-3-9-34-22)11(2)43-28(42)24(12-5-6-12)44-27(10)41/h3-4,9-12,14,21,23-24,37-38H,5-8H2,1-2H3,(H,35,39)(H,36,40)/t10-,11-,14?,21+,23+,24?/m1/s1. The van der Waals surface area contributed by atoms with Gasteiger partial charge < -0.3 is 30.3 Å². The molecule has 0 radical (unpaired) electrons. The number of nitrogens with one attached hydrogen (secondary N) is 2. The molecule has 6 atom stereocenters. The van der Waals surface area contributed by atoms with Crippen LogP contribution in [0.1, 0.15) is 49.2 Å². The Balaban J connectivity index is 1.68. The Bertz CT molecular complexity index is 1440. The Labute approximate surface area is 246 Å². The van der Waals surface area contributed by atoms with Gasteiger partial charge in [0.15, 0.2) is 29.0 Å². The Kier molecular flexibility index (Phi) is 9.71. The average molecular weight is 630 g/mol. The number of halogens is 5. The topological polar surface area (TPSA) is 164 Å². The van der Waals surface area contributed by atoms with Crippen molar-refractivity contribution in [1.82, 2.24) is 15.6 Å². The summed E-state index contributed by atoms with van der Waals surface area (Å²) in [6, 6.07) is -0.851. The summed E-state index contributed by atoms with van der Waals surface area (Å²) in [6.45, 7) is 2.40. The van der Waals surface area contributed by atoms with Crippen LogP contribution >= 0.6 is 0 Å². The molecule has 2 amide bonds. The highest BCUT2D eigenvalue weighted by Gasteiger charge is 2.45. The molecule has 0 spiro atoms. The van der Waals surface area contributed by atoms with Crippen molar-refractivity contribution >= 4 is 23.8 Å². The number of esters is 2. The van der Waals surface area contributed by atoms with Crippen molar-refractivity contribution in [3.8, 4) is 5.75 Å². The number of nitrogens with zero attached hydrogens (tertiary/aromatic N) is 1. The van der Waals surface area contributed by atoms with E-state index in [4.69, 9.17) is 9.47 Å². The number of aromatic hydroxyl groups is 1. The Morgan fingerprint density at radius 2 is 1.61 bits per heavy atom. The lowest BCUT2D eigenvalue weighted by atomic mass is 9.92. The van der Waals surface area contributed by atoms with Gasteiger partial charge in [-0.3, -0.25) is 14.4 Å². The van der Waals surface area contributed by atoms with Crippen LogP contribution in [0.4, 0.5) is 22.0 Å². The molecule has 2 heterocycles. The summed E-state index contributed by atoms with van der Waals surface area (Å²) in [6.07, 6.45) is -4.11. The van der Waals surface area contributed by atoms with E-state index in [1.54, 1.807) is 0 Å². The molecule has 2 aliphatic rings. The second kappa shape index (κ2) is 13.1. The monoisotopic (exact) mass is 629 g/mol. The number of amides is 2. The van der Waals surface area contributed by atoms with Gasteiger partial charge >= 0.3 is 11.9 Å². The molecule has 44 heavy (non-hydrogen) atoms. The third-order valence-corrected chi connectivity index (χ3v) is 7.50. The fourth-order valence-electron chi connectivity index (χ4n) is 4.72. The number of aliphatic hydroxyl groups is 1. The van der Waals surface area contributed by atoms with Gasteiger partial charge in [-0.1, -0.05) is 0 Å². The number of pyridine rings is 1. The molecule has 4 rings (SSSR count). The second-order valence-corrected chi connectivity index (χ2v) is 10.6. The van der Waals surface area contributed by atoms with Crippen molar-refractivity contribution in [2.45, 2.75) is 69.9 Å². The van der Waals surface area contributed by atoms with Gasteiger partial charge in [0, 0.05) is 17.7 Å². The molecule has 4 N–H and O–H groups in total. The first-order valence-electron chi connectivity index (χ1n) is 13.6. The van der Waals surface area contributed by atoms with Crippen molar-refractivity contribution in [2.24, 2.45) is 11.8 Å². The minimum absolute atomic E-state index is 0.414. The van der Waals surface area contributed by atoms with Crippen LogP contribution in [0.3, 0.4) is 0 Å². The molecule has 1 aromatic heterocycles. The van der Waals surface area contributed by atoms with E-state index in [0.717, 1.165) is 6.07 Å². The normalized spacial score (nSPS) is 26.5. The summed E-state index contributed by atoms with van der Waals surface area (Å²) in [5, 5.41) is 25.7. The Morgan fingerprint density at radius 1 is 1.00 bits per heavy atom. The van der Waals surface area contributed by atoms with E-state index in [-0.39, 0.29) is 0 Å². The molecule has 2 unspecified atom stereocenters. The maximum Gasteiger partial charge on any atom is 0.348 e. The van der Waals surface area contributed by atoms with Crippen LogP contribution in [0, 0.1) is 40.9 Å². The Morgan fingerprint density at radius 3 is 2.20 bits per heavy atom. The number of ether oxygens (including phenoxy) is 2. The van der Waals surface area contributed by atoms with Crippen LogP contribution in [-0.4, -0.2) is 69.3 Å². The maximum atomic E-state index is 14.4. The van der Waals surface area contributed by atoms with Crippen molar-refractivity contribution < 1.29 is 60.8 Å². The number of hydrogen-bond acceptors (Lipinski definition) is 9. The van der Waals surface area contributed by atoms with Crippen LogP contribution < -0.4 is 10.6 Å². The minimum atomic E-state index is -2.37. The summed E-state index contributed by atoms with van der Waals surface area (Å²) in [5.74, 6) is -17.7. The molecule has 1 saturated carbocycles. The number of carbonyl (C=O) groups is 4. The maximum absolute atomic E-state index is 14.4. The number of carbonyl (C=O) groups excluding carboxylic acids is 4. The van der Waals surface area contributed by atoms with E-state index in [1.165, 1.54) is 26.1 Å². The van der Waals surface area contributed by atoms with E-state index >= 15 is 0 Å². The molecule has 0 bridgehead atoms. The summed E-state index contributed by atoms with van der Waals surface area (Å²) >= 11 is 0. The van der Waals surface area contributed by atoms with Gasteiger partial charge in [-0.05, 0) is 51.7 Å². The van der Waals surface area contributed by atoms with E-state index in [2.05, 4.69) is 15.6 Å². The first-order chi connectivity index (χ1) is 20.7. The summed E-state index contributed by atoms with van der Waals surface area (Å²) < 4.78 is 80.6. The number of rotatable bonds is 6. The number of aromatic nitrogens is 1. The molecule has 1 aromatic carbocycles. The number of cyclic esters (lactones) is 2. The van der Waals surface area contributed by atoms with Gasteiger partial charge in [0.2, 0.25) is 17.8 Å². The van der Waals surface area contributed by atoms with Crippen molar-refractivity contribution in [1.29, 1.82) is 0 Å². The molecule has 2 aromatic rings. The highest BCUT2D eigenvalue weighted by Crippen LogP contribution is 2.36. The van der Waals surface area contributed by atoms with E-state index < -0.39 is 125 Å². The highest BCUT2D eigenvalue weighted by atomic mass is 19.2. The van der Waals surface area contributed by atoms with Gasteiger partial charge in [-0.15, -0.1) is 0 Å². The van der Waals surface area contributed by atoms with Gasteiger partial charge in [0.25, 0.3) is 5.91 Å². The fraction of sp³-hybridized carbons (Fsp3) is 0.464. The third kappa shape index (κ3) is 6.74. The van der Waals surface area contributed by atoms with E-state index in [1.807, 2.05) is 0 Å². The van der Waals surface area contributed by atoms with Crippen molar-refractivity contribution in [2.75, 3.05) is 0 Å². The lowest BCUT2D eigenvalue weighted by Gasteiger charge is -2.33. The molecule has 1 saturated heterocycles. The van der Waals surface area contributed by atoms with Gasteiger partial charge in [-0.25, -0.2) is 31.7 Å². The van der Waals surface area contributed by atoms with Gasteiger partial charge in [-0.2, -0.15) is 0 Å². The molecule has 1 aliphatic carbocycles. The number of benzene rings is 1. The molecule has 11 nitrogen and oxygen atoms in total. The molecular weight excluding hydrogens is 601 g/mol. The van der Waals surface area contributed by atoms with E-state index in [0.29, 0.717) is 12.8 Å². The molecular formula is C28H28F5N3O8. The van der Waals surface area contributed by atoms with Crippen LogP contribution in [0.25, 0.3) is 0 Å². The lowest BCUT2D eigenvalue weighted by molar-refractivity contribution is -0.178. The molecule has 2 fully saturated rings. The molecule has 238 valence electrons. The predicted molar refractivity (Wildman–Crippen MR) is 137 cm³/mol. The van der Waals surface area contributed by atoms with Crippen LogP contribution in [0.15, 0.2) is 18.3 Å². The number of aliphatic hydroxyl groups excluding tert-OH is 1. The lowest BCUT2D eigenvalue weighted by Crippen LogP contribution is -2.59. The number of hydrogen-bond donors (Lipinski definition) is 4. The Hall–Kier alpha value is -4.34. The van der Waals surface area contributed by atoms with Gasteiger partial charge in [0.05, 0.1) is 18.1 Å². The summed E-state index contributed by atoms with van der Waals surface area (Å²) in [4.78, 5) is 56.1. The SMILES string of the molecule is C[C@H]1OC(=O)C(C2CC2)OC(=O)[C@H](C)[C@H](O)C(CCc2c(F)c(F)c(F)c(F)c2F)NC(=O)[C@H]1NC(=O)c1ncccc1O. The predicted octanol–water partition coefficient (Wildman–Crippen LogP) is 1.96. The minimum Gasteiger partial charge on any atom is -0.505 e. The van der Waals surface area contributed by atoms with Crippen LogP contribution in [-0.2, 0) is 30.3 Å². The molecule has 1 aliphatic heterocycles. The first-order valence-corrected chi connectivity index (χ1v) is 13.6. The molecule has 16 heteroatoms. The van der Waals surface area contributed by atoms with E-state index in [9.17, 15) is 51.3 Å². The zero-order valence-electron chi connectivity index (χ0n) is 23.3. The zero-order chi connectivity index (χ0) is 32.5. The summed E-state index contributed by atoms with van der Waals surface area (Å²) in [5.41, 5.74) is -1.72. The van der Waals surface area contributed by atoms with Crippen molar-refractivity contribution in [3.63, 3.8) is 0 Å². The fourth-order valence-corrected chi connectivity index (χ4v) is 4.72. The zero-order valence-corrected chi connectivity index (χ0v) is 23.3. The smallest absolute Gasteiger partial charge is 0.348 e.